The Hall–Kier alpha value is -3.07. The standard InChI is InChI=1S/C18H16FN3O4S/c1-24-14-7-13(8-15(9-14)25-2)20-16(23)10-27-18-22-21-17(26-18)11-4-3-5-12(19)6-11/h3-9H,10H2,1-2H3,(H,20,23). The van der Waals surface area contributed by atoms with Crippen molar-refractivity contribution < 1.29 is 23.1 Å². The average Bonchev–Trinajstić information content (AvgIpc) is 3.15. The first kappa shape index (κ1) is 18.7. The van der Waals surface area contributed by atoms with Gasteiger partial charge in [0.15, 0.2) is 0 Å². The molecule has 0 radical (unpaired) electrons. The van der Waals surface area contributed by atoms with Crippen molar-refractivity contribution in [1.29, 1.82) is 0 Å². The van der Waals surface area contributed by atoms with Crippen molar-refractivity contribution in [3.63, 3.8) is 0 Å². The summed E-state index contributed by atoms with van der Waals surface area (Å²) in [5.41, 5.74) is 1.02. The van der Waals surface area contributed by atoms with E-state index < -0.39 is 5.82 Å². The molecule has 2 aromatic carbocycles. The Morgan fingerprint density at radius 2 is 1.89 bits per heavy atom. The maximum Gasteiger partial charge on any atom is 0.277 e. The molecule has 9 heteroatoms. The van der Waals surface area contributed by atoms with E-state index in [0.29, 0.717) is 22.7 Å². The molecule has 27 heavy (non-hydrogen) atoms. The number of benzene rings is 2. The Balaban J connectivity index is 1.60. The second-order valence-corrected chi connectivity index (χ2v) is 6.25. The summed E-state index contributed by atoms with van der Waals surface area (Å²) in [6.07, 6.45) is 0. The van der Waals surface area contributed by atoms with E-state index in [9.17, 15) is 9.18 Å². The predicted octanol–water partition coefficient (Wildman–Crippen LogP) is 3.62. The lowest BCUT2D eigenvalue weighted by Gasteiger charge is -2.09. The lowest BCUT2D eigenvalue weighted by Crippen LogP contribution is -2.14. The van der Waals surface area contributed by atoms with E-state index in [-0.39, 0.29) is 22.8 Å². The van der Waals surface area contributed by atoms with Crippen LogP contribution in [0.3, 0.4) is 0 Å². The third-order valence-electron chi connectivity index (χ3n) is 3.44. The van der Waals surface area contributed by atoms with Gasteiger partial charge in [-0.25, -0.2) is 4.39 Å². The largest absolute Gasteiger partial charge is 0.497 e. The van der Waals surface area contributed by atoms with Crippen LogP contribution in [0, 0.1) is 5.82 Å². The van der Waals surface area contributed by atoms with Gasteiger partial charge in [-0.05, 0) is 18.2 Å². The SMILES string of the molecule is COc1cc(NC(=O)CSc2nnc(-c3cccc(F)c3)o2)cc(OC)c1. The minimum absolute atomic E-state index is 0.0598. The van der Waals surface area contributed by atoms with Gasteiger partial charge < -0.3 is 19.2 Å². The Bertz CT molecular complexity index is 926. The molecule has 7 nitrogen and oxygen atoms in total. The number of hydrogen-bond acceptors (Lipinski definition) is 7. The third kappa shape index (κ3) is 4.98. The number of hydrogen-bond donors (Lipinski definition) is 1. The zero-order valence-electron chi connectivity index (χ0n) is 14.6. The van der Waals surface area contributed by atoms with Crippen molar-refractivity contribution in [3.05, 3.63) is 48.3 Å². The van der Waals surface area contributed by atoms with Crippen LogP contribution in [0.2, 0.25) is 0 Å². The zero-order valence-corrected chi connectivity index (χ0v) is 15.4. The first-order valence-electron chi connectivity index (χ1n) is 7.82. The third-order valence-corrected chi connectivity index (χ3v) is 4.26. The quantitative estimate of drug-likeness (QED) is 0.618. The summed E-state index contributed by atoms with van der Waals surface area (Å²) < 4.78 is 29.0. The normalized spacial score (nSPS) is 10.5. The molecule has 0 unspecified atom stereocenters. The number of carbonyl (C=O) groups is 1. The van der Waals surface area contributed by atoms with Crippen molar-refractivity contribution in [3.8, 4) is 23.0 Å². The fourth-order valence-electron chi connectivity index (χ4n) is 2.21. The van der Waals surface area contributed by atoms with Crippen LogP contribution < -0.4 is 14.8 Å². The van der Waals surface area contributed by atoms with E-state index in [0.717, 1.165) is 11.8 Å². The van der Waals surface area contributed by atoms with Crippen LogP contribution in [-0.2, 0) is 4.79 Å². The maximum absolute atomic E-state index is 13.3. The van der Waals surface area contributed by atoms with Gasteiger partial charge in [-0.2, -0.15) is 0 Å². The highest BCUT2D eigenvalue weighted by Crippen LogP contribution is 2.27. The number of amides is 1. The molecule has 0 aliphatic carbocycles. The molecular formula is C18H16FN3O4S. The van der Waals surface area contributed by atoms with E-state index >= 15 is 0 Å². The molecule has 0 saturated carbocycles. The summed E-state index contributed by atoms with van der Waals surface area (Å²) in [5, 5.41) is 10.7. The molecule has 0 spiro atoms. The number of nitrogens with one attached hydrogen (secondary N) is 1. The topological polar surface area (TPSA) is 86.5 Å². The number of carbonyl (C=O) groups excluding carboxylic acids is 1. The monoisotopic (exact) mass is 389 g/mol. The molecule has 0 bridgehead atoms. The number of rotatable bonds is 7. The Morgan fingerprint density at radius 1 is 1.15 bits per heavy atom. The van der Waals surface area contributed by atoms with Crippen molar-refractivity contribution >= 4 is 23.4 Å². The lowest BCUT2D eigenvalue weighted by molar-refractivity contribution is -0.113. The molecule has 3 rings (SSSR count). The second kappa shape index (κ2) is 8.54. The number of aromatic nitrogens is 2. The Morgan fingerprint density at radius 3 is 2.56 bits per heavy atom. The predicted molar refractivity (Wildman–Crippen MR) is 98.6 cm³/mol. The van der Waals surface area contributed by atoms with E-state index in [4.69, 9.17) is 13.9 Å². The van der Waals surface area contributed by atoms with Crippen molar-refractivity contribution in [2.75, 3.05) is 25.3 Å². The zero-order chi connectivity index (χ0) is 19.2. The highest BCUT2D eigenvalue weighted by atomic mass is 32.2. The van der Waals surface area contributed by atoms with Gasteiger partial charge in [0.05, 0.1) is 20.0 Å². The van der Waals surface area contributed by atoms with Gasteiger partial charge in [0.1, 0.15) is 17.3 Å². The molecule has 1 heterocycles. The molecule has 3 aromatic rings. The van der Waals surface area contributed by atoms with Crippen molar-refractivity contribution in [2.45, 2.75) is 5.22 Å². The van der Waals surface area contributed by atoms with Crippen molar-refractivity contribution in [2.24, 2.45) is 0 Å². The second-order valence-electron chi connectivity index (χ2n) is 5.32. The summed E-state index contributed by atoms with van der Waals surface area (Å²) in [4.78, 5) is 12.2. The number of ether oxygens (including phenoxy) is 2. The fraction of sp³-hybridized carbons (Fsp3) is 0.167. The van der Waals surface area contributed by atoms with E-state index in [1.54, 1.807) is 30.3 Å². The van der Waals surface area contributed by atoms with E-state index in [2.05, 4.69) is 15.5 Å². The molecule has 0 aliphatic heterocycles. The molecule has 1 aromatic heterocycles. The first-order chi connectivity index (χ1) is 13.1. The molecule has 0 aliphatic rings. The summed E-state index contributed by atoms with van der Waals surface area (Å²) in [6, 6.07) is 10.9. The fourth-order valence-corrected chi connectivity index (χ4v) is 2.77. The summed E-state index contributed by atoms with van der Waals surface area (Å²) in [6.45, 7) is 0. The molecular weight excluding hydrogens is 373 g/mol. The van der Waals surface area contributed by atoms with Crippen LogP contribution in [0.25, 0.3) is 11.5 Å². The number of halogens is 1. The highest BCUT2D eigenvalue weighted by Gasteiger charge is 2.12. The maximum atomic E-state index is 13.3. The highest BCUT2D eigenvalue weighted by molar-refractivity contribution is 7.99. The number of methoxy groups -OCH3 is 2. The van der Waals surface area contributed by atoms with Gasteiger partial charge in [-0.3, -0.25) is 4.79 Å². The molecule has 0 fully saturated rings. The van der Waals surface area contributed by atoms with Gasteiger partial charge in [-0.15, -0.1) is 10.2 Å². The molecule has 0 atom stereocenters. The Kier molecular flexibility index (Phi) is 5.92. The summed E-state index contributed by atoms with van der Waals surface area (Å²) in [7, 11) is 3.06. The number of nitrogens with zero attached hydrogens (tertiary/aromatic N) is 2. The van der Waals surface area contributed by atoms with Crippen LogP contribution >= 0.6 is 11.8 Å². The summed E-state index contributed by atoms with van der Waals surface area (Å²) >= 11 is 1.08. The average molecular weight is 389 g/mol. The van der Waals surface area contributed by atoms with Crippen molar-refractivity contribution in [1.82, 2.24) is 10.2 Å². The lowest BCUT2D eigenvalue weighted by atomic mass is 10.2. The van der Waals surface area contributed by atoms with Gasteiger partial charge in [0.25, 0.3) is 5.22 Å². The van der Waals surface area contributed by atoms with Crippen LogP contribution in [0.15, 0.2) is 52.1 Å². The number of anilines is 1. The van der Waals surface area contributed by atoms with E-state index in [1.807, 2.05) is 0 Å². The van der Waals surface area contributed by atoms with E-state index in [1.165, 1.54) is 26.4 Å². The van der Waals surface area contributed by atoms with Gasteiger partial charge in [-0.1, -0.05) is 17.8 Å². The number of thioether (sulfide) groups is 1. The minimum atomic E-state index is -0.395. The van der Waals surface area contributed by atoms with Crippen LogP contribution in [-0.4, -0.2) is 36.1 Å². The molecule has 1 N–H and O–H groups in total. The van der Waals surface area contributed by atoms with Crippen LogP contribution in [0.4, 0.5) is 10.1 Å². The van der Waals surface area contributed by atoms with Crippen LogP contribution in [0.5, 0.6) is 11.5 Å². The van der Waals surface area contributed by atoms with Gasteiger partial charge in [0.2, 0.25) is 11.8 Å². The first-order valence-corrected chi connectivity index (χ1v) is 8.81. The van der Waals surface area contributed by atoms with Gasteiger partial charge >= 0.3 is 0 Å². The minimum Gasteiger partial charge on any atom is -0.497 e. The molecule has 140 valence electrons. The molecule has 1 amide bonds. The Labute approximate surface area is 158 Å². The summed E-state index contributed by atoms with van der Waals surface area (Å²) in [5.74, 6) is 0.719. The van der Waals surface area contributed by atoms with Crippen LogP contribution in [0.1, 0.15) is 0 Å². The smallest absolute Gasteiger partial charge is 0.277 e. The molecule has 0 saturated heterocycles. The van der Waals surface area contributed by atoms with Gasteiger partial charge in [0, 0.05) is 29.4 Å².